The average Bonchev–Trinajstić information content (AvgIpc) is 4.07. The van der Waals surface area contributed by atoms with Crippen LogP contribution < -0.4 is 15.6 Å². The van der Waals surface area contributed by atoms with Crippen LogP contribution in [0.4, 0.5) is 0 Å². The standard InChI is InChI=1S/C67H49N3Si/c1-46-42-47(48-34-40-64-58(43-48)55-28-14-17-31-61(55)68(64)49-20-6-2-7-21-49)35-41-67(46)71(52-24-10-4-11-25-52,53-26-12-5-13-27-53)54-38-36-51(37-39-54)70-63-33-19-16-30-57(63)60-44-59-56-29-15-18-32-62(56)69(65(59)45-66(60)70)50-22-8-3-9-23-50/h2-46,67H,1H3/t46?,67-/m0/s1. The number of para-hydroxylation sites is 5. The molecule has 0 amide bonds. The van der Waals surface area contributed by atoms with E-state index in [1.807, 2.05) is 0 Å². The van der Waals surface area contributed by atoms with E-state index >= 15 is 0 Å². The molecule has 0 fully saturated rings. The van der Waals surface area contributed by atoms with Crippen molar-refractivity contribution in [2.75, 3.05) is 0 Å². The van der Waals surface area contributed by atoms with Gasteiger partial charge in [0.25, 0.3) is 0 Å². The molecule has 0 N–H and O–H groups in total. The minimum atomic E-state index is -2.79. The third-order valence-corrected chi connectivity index (χ3v) is 21.0. The van der Waals surface area contributed by atoms with Gasteiger partial charge in [-0.3, -0.25) is 0 Å². The molecule has 1 unspecified atom stereocenters. The van der Waals surface area contributed by atoms with Gasteiger partial charge in [0.2, 0.25) is 0 Å². The highest BCUT2D eigenvalue weighted by atomic mass is 28.3. The number of allylic oxidation sites excluding steroid dienone is 4. The second-order valence-electron chi connectivity index (χ2n) is 19.3. The van der Waals surface area contributed by atoms with Gasteiger partial charge < -0.3 is 13.7 Å². The minimum absolute atomic E-state index is 0.243. The predicted molar refractivity (Wildman–Crippen MR) is 303 cm³/mol. The molecule has 0 aliphatic heterocycles. The number of hydrogen-bond acceptors (Lipinski definition) is 0. The van der Waals surface area contributed by atoms with Crippen molar-refractivity contribution in [1.29, 1.82) is 0 Å². The van der Waals surface area contributed by atoms with Crippen molar-refractivity contribution in [1.82, 2.24) is 13.7 Å². The van der Waals surface area contributed by atoms with Gasteiger partial charge in [-0.2, -0.15) is 0 Å². The highest BCUT2D eigenvalue weighted by Crippen LogP contribution is 2.42. The molecule has 0 saturated heterocycles. The third kappa shape index (κ3) is 6.35. The Bertz CT molecular complexity index is 4180. The maximum Gasteiger partial charge on any atom is 0.155 e. The number of benzene rings is 10. The van der Waals surface area contributed by atoms with Crippen LogP contribution in [0.3, 0.4) is 0 Å². The van der Waals surface area contributed by atoms with Gasteiger partial charge in [0.15, 0.2) is 8.07 Å². The first-order valence-electron chi connectivity index (χ1n) is 24.9. The maximum atomic E-state index is 2.57. The molecule has 10 aromatic carbocycles. The molecule has 336 valence electrons. The zero-order valence-corrected chi connectivity index (χ0v) is 40.4. The molecule has 1 aliphatic rings. The van der Waals surface area contributed by atoms with Crippen molar-refractivity contribution in [3.63, 3.8) is 0 Å². The molecule has 0 spiro atoms. The van der Waals surface area contributed by atoms with E-state index in [-0.39, 0.29) is 11.5 Å². The molecule has 3 aromatic heterocycles. The SMILES string of the molecule is CC1C=C(c2ccc3c(c2)c2ccccc2n3-c2ccccc2)C=C[C@@H]1[Si](c1ccccc1)(c1ccccc1)c1ccc(-n2c3ccccc3c3cc4c5ccccc5n(-c5ccccc5)c4cc32)cc1. The fraction of sp³-hybridized carbons (Fsp3) is 0.0448. The maximum absolute atomic E-state index is 2.79. The molecule has 3 heterocycles. The lowest BCUT2D eigenvalue weighted by Crippen LogP contribution is -2.70. The highest BCUT2D eigenvalue weighted by molar-refractivity contribution is 7.12. The second-order valence-corrected chi connectivity index (χ2v) is 23.3. The summed E-state index contributed by atoms with van der Waals surface area (Å²) >= 11 is 0. The Morgan fingerprint density at radius 2 is 0.718 bits per heavy atom. The molecule has 1 aliphatic carbocycles. The molecule has 3 nitrogen and oxygen atoms in total. The van der Waals surface area contributed by atoms with Crippen molar-refractivity contribution < 1.29 is 0 Å². The molecule has 71 heavy (non-hydrogen) atoms. The topological polar surface area (TPSA) is 14.8 Å². The predicted octanol–water partition coefficient (Wildman–Crippen LogP) is 15.1. The zero-order valence-electron chi connectivity index (χ0n) is 39.4. The van der Waals surface area contributed by atoms with Crippen LogP contribution in [0, 0.1) is 5.92 Å². The van der Waals surface area contributed by atoms with E-state index in [9.17, 15) is 0 Å². The van der Waals surface area contributed by atoms with Gasteiger partial charge in [0, 0.05) is 49.4 Å². The fourth-order valence-corrected chi connectivity index (χ4v) is 18.0. The van der Waals surface area contributed by atoms with Gasteiger partial charge in [-0.05, 0) is 117 Å². The molecule has 0 saturated carbocycles. The van der Waals surface area contributed by atoms with Gasteiger partial charge in [0.1, 0.15) is 0 Å². The summed E-state index contributed by atoms with van der Waals surface area (Å²) in [4.78, 5) is 0. The van der Waals surface area contributed by atoms with Crippen LogP contribution in [0.1, 0.15) is 12.5 Å². The quantitative estimate of drug-likeness (QED) is 0.107. The Morgan fingerprint density at radius 3 is 1.21 bits per heavy atom. The molecular formula is C67H49N3Si. The summed E-state index contributed by atoms with van der Waals surface area (Å²) in [5.74, 6) is 0.249. The minimum Gasteiger partial charge on any atom is -0.309 e. The summed E-state index contributed by atoms with van der Waals surface area (Å²) in [7, 11) is -2.79. The van der Waals surface area contributed by atoms with E-state index in [0.29, 0.717) is 0 Å². The Morgan fingerprint density at radius 1 is 0.324 bits per heavy atom. The zero-order chi connectivity index (χ0) is 47.0. The van der Waals surface area contributed by atoms with Crippen LogP contribution in [-0.2, 0) is 0 Å². The summed E-state index contributed by atoms with van der Waals surface area (Å²) in [6.07, 6.45) is 7.55. The van der Waals surface area contributed by atoms with Gasteiger partial charge in [-0.1, -0.05) is 195 Å². The highest BCUT2D eigenvalue weighted by Gasteiger charge is 2.47. The van der Waals surface area contributed by atoms with Gasteiger partial charge in [0.05, 0.1) is 33.1 Å². The van der Waals surface area contributed by atoms with Gasteiger partial charge >= 0.3 is 0 Å². The normalized spacial score (nSPS) is 15.1. The summed E-state index contributed by atoms with van der Waals surface area (Å²) in [6, 6.07) is 92.6. The van der Waals surface area contributed by atoms with E-state index in [4.69, 9.17) is 0 Å². The molecule has 2 atom stereocenters. The number of nitrogens with zero attached hydrogens (tertiary/aromatic N) is 3. The number of fused-ring (bicyclic) bond motifs is 9. The van der Waals surface area contributed by atoms with Gasteiger partial charge in [-0.25, -0.2) is 0 Å². The lowest BCUT2D eigenvalue weighted by Gasteiger charge is -2.43. The molecular weight excluding hydrogens is 875 g/mol. The lowest BCUT2D eigenvalue weighted by molar-refractivity contribution is 0.723. The summed E-state index contributed by atoms with van der Waals surface area (Å²) in [5.41, 5.74) is 13.5. The van der Waals surface area contributed by atoms with Crippen molar-refractivity contribution in [3.05, 3.63) is 273 Å². The Kier molecular flexibility index (Phi) is 9.58. The van der Waals surface area contributed by atoms with Crippen LogP contribution >= 0.6 is 0 Å². The van der Waals surface area contributed by atoms with Gasteiger partial charge in [-0.15, -0.1) is 0 Å². The largest absolute Gasteiger partial charge is 0.309 e. The number of aromatic nitrogens is 3. The van der Waals surface area contributed by atoms with Crippen LogP contribution in [0.5, 0.6) is 0 Å². The first kappa shape index (κ1) is 41.3. The molecule has 13 aromatic rings. The van der Waals surface area contributed by atoms with Crippen molar-refractivity contribution in [2.24, 2.45) is 5.92 Å². The second kappa shape index (κ2) is 16.5. The summed E-state index contributed by atoms with van der Waals surface area (Å²) in [6.45, 7) is 2.45. The lowest BCUT2D eigenvalue weighted by atomic mass is 9.92. The molecule has 4 heteroatoms. The number of hydrogen-bond donors (Lipinski definition) is 0. The number of rotatable bonds is 8. The first-order chi connectivity index (χ1) is 35.1. The van der Waals surface area contributed by atoms with Crippen molar-refractivity contribution >= 4 is 94.6 Å². The smallest absolute Gasteiger partial charge is 0.155 e. The summed E-state index contributed by atoms with van der Waals surface area (Å²) < 4.78 is 7.31. The van der Waals surface area contributed by atoms with Crippen molar-refractivity contribution in [2.45, 2.75) is 12.5 Å². The fourth-order valence-electron chi connectivity index (χ4n) is 12.5. The Labute approximate surface area is 414 Å². The van der Waals surface area contributed by atoms with E-state index in [1.165, 1.54) is 97.8 Å². The monoisotopic (exact) mass is 923 g/mol. The van der Waals surface area contributed by atoms with Crippen LogP contribution in [0.25, 0.3) is 88.1 Å². The van der Waals surface area contributed by atoms with E-state index in [2.05, 4.69) is 288 Å². The van der Waals surface area contributed by atoms with Crippen molar-refractivity contribution in [3.8, 4) is 17.1 Å². The van der Waals surface area contributed by atoms with E-state index in [0.717, 1.165) is 11.4 Å². The molecule has 14 rings (SSSR count). The van der Waals surface area contributed by atoms with E-state index < -0.39 is 8.07 Å². The first-order valence-corrected chi connectivity index (χ1v) is 27.0. The Balaban J connectivity index is 0.919. The van der Waals surface area contributed by atoms with Crippen LogP contribution in [0.2, 0.25) is 5.54 Å². The Hall–Kier alpha value is -8.70. The average molecular weight is 924 g/mol. The summed E-state index contributed by atoms with van der Waals surface area (Å²) in [5, 5.41) is 11.8. The van der Waals surface area contributed by atoms with E-state index in [1.54, 1.807) is 0 Å². The molecule has 0 radical (unpaired) electrons. The molecule has 0 bridgehead atoms. The third-order valence-electron chi connectivity index (χ3n) is 15.5. The van der Waals surface area contributed by atoms with Crippen LogP contribution in [-0.4, -0.2) is 21.8 Å². The van der Waals surface area contributed by atoms with Crippen LogP contribution in [0.15, 0.2) is 267 Å².